The van der Waals surface area contributed by atoms with Gasteiger partial charge in [0.15, 0.2) is 0 Å². The standard InChI is InChI=1S/C21H22N2O4/c1-26-13-14-6-5-7-15(10-14)20(24)23-19(21(25)27-2)11-16-12-22-18-9-4-3-8-17(16)18/h3-10,12,19,22H,11,13H2,1-2H3,(H,23,24). The van der Waals surface area contributed by atoms with Gasteiger partial charge in [-0.2, -0.15) is 0 Å². The Hall–Kier alpha value is -3.12. The highest BCUT2D eigenvalue weighted by Gasteiger charge is 2.24. The van der Waals surface area contributed by atoms with E-state index in [0.717, 1.165) is 22.0 Å². The number of methoxy groups -OCH3 is 2. The van der Waals surface area contributed by atoms with Crippen LogP contribution in [0.15, 0.2) is 54.7 Å². The third kappa shape index (κ3) is 4.35. The van der Waals surface area contributed by atoms with Crippen molar-refractivity contribution in [1.82, 2.24) is 10.3 Å². The smallest absolute Gasteiger partial charge is 0.328 e. The Bertz CT molecular complexity index is 948. The van der Waals surface area contributed by atoms with Crippen molar-refractivity contribution in [2.24, 2.45) is 0 Å². The molecule has 0 radical (unpaired) electrons. The van der Waals surface area contributed by atoms with E-state index in [1.165, 1.54) is 7.11 Å². The number of rotatable bonds is 7. The number of hydrogen-bond donors (Lipinski definition) is 2. The quantitative estimate of drug-likeness (QED) is 0.630. The van der Waals surface area contributed by atoms with Crippen LogP contribution in [0.5, 0.6) is 0 Å². The SMILES string of the molecule is COCc1cccc(C(=O)NC(Cc2c[nH]c3ccccc23)C(=O)OC)c1. The van der Waals surface area contributed by atoms with Gasteiger partial charge in [-0.3, -0.25) is 4.79 Å². The van der Waals surface area contributed by atoms with E-state index < -0.39 is 12.0 Å². The van der Waals surface area contributed by atoms with Gasteiger partial charge < -0.3 is 19.8 Å². The molecular weight excluding hydrogens is 344 g/mol. The maximum absolute atomic E-state index is 12.7. The lowest BCUT2D eigenvalue weighted by Crippen LogP contribution is -2.43. The Morgan fingerprint density at radius 2 is 1.93 bits per heavy atom. The van der Waals surface area contributed by atoms with Gasteiger partial charge in [-0.05, 0) is 29.3 Å². The molecule has 2 N–H and O–H groups in total. The molecule has 0 saturated carbocycles. The molecule has 0 spiro atoms. The molecule has 27 heavy (non-hydrogen) atoms. The molecule has 6 heteroatoms. The van der Waals surface area contributed by atoms with Crippen LogP contribution in [0.25, 0.3) is 10.9 Å². The lowest BCUT2D eigenvalue weighted by molar-refractivity contribution is -0.142. The molecular formula is C21H22N2O4. The summed E-state index contributed by atoms with van der Waals surface area (Å²) in [7, 11) is 2.91. The lowest BCUT2D eigenvalue weighted by Gasteiger charge is -2.16. The number of fused-ring (bicyclic) bond motifs is 1. The van der Waals surface area contributed by atoms with E-state index in [9.17, 15) is 9.59 Å². The molecule has 1 unspecified atom stereocenters. The molecule has 3 aromatic rings. The first-order chi connectivity index (χ1) is 13.1. The van der Waals surface area contributed by atoms with Crippen LogP contribution in [0.1, 0.15) is 21.5 Å². The minimum atomic E-state index is -0.784. The van der Waals surface area contributed by atoms with E-state index in [1.807, 2.05) is 36.5 Å². The summed E-state index contributed by atoms with van der Waals surface area (Å²) >= 11 is 0. The fraction of sp³-hybridized carbons (Fsp3) is 0.238. The molecule has 0 aliphatic rings. The second-order valence-electron chi connectivity index (χ2n) is 6.25. The van der Waals surface area contributed by atoms with Crippen molar-refractivity contribution in [3.8, 4) is 0 Å². The van der Waals surface area contributed by atoms with E-state index >= 15 is 0 Å². The molecule has 6 nitrogen and oxygen atoms in total. The first-order valence-electron chi connectivity index (χ1n) is 8.64. The van der Waals surface area contributed by atoms with Crippen molar-refractivity contribution >= 4 is 22.8 Å². The number of carbonyl (C=O) groups is 2. The first kappa shape index (κ1) is 18.7. The summed E-state index contributed by atoms with van der Waals surface area (Å²) in [6, 6.07) is 14.2. The van der Waals surface area contributed by atoms with E-state index in [-0.39, 0.29) is 5.91 Å². The van der Waals surface area contributed by atoms with E-state index in [2.05, 4.69) is 10.3 Å². The van der Waals surface area contributed by atoms with E-state index in [0.29, 0.717) is 18.6 Å². The van der Waals surface area contributed by atoms with Crippen LogP contribution < -0.4 is 5.32 Å². The van der Waals surface area contributed by atoms with Crippen molar-refractivity contribution < 1.29 is 19.1 Å². The molecule has 1 atom stereocenters. The number of aromatic nitrogens is 1. The van der Waals surface area contributed by atoms with Gasteiger partial charge in [0.05, 0.1) is 13.7 Å². The minimum Gasteiger partial charge on any atom is -0.467 e. The first-order valence-corrected chi connectivity index (χ1v) is 8.64. The summed E-state index contributed by atoms with van der Waals surface area (Å²) in [6.07, 6.45) is 2.19. The average molecular weight is 366 g/mol. The molecule has 140 valence electrons. The molecule has 0 aliphatic carbocycles. The molecule has 1 heterocycles. The highest BCUT2D eigenvalue weighted by molar-refractivity contribution is 5.97. The number of benzene rings is 2. The van der Waals surface area contributed by atoms with Crippen LogP contribution >= 0.6 is 0 Å². The fourth-order valence-electron chi connectivity index (χ4n) is 3.07. The number of para-hydroxylation sites is 1. The summed E-state index contributed by atoms with van der Waals surface area (Å²) in [6.45, 7) is 0.414. The molecule has 1 amide bonds. The number of aromatic amines is 1. The maximum atomic E-state index is 12.7. The number of amides is 1. The number of hydrogen-bond acceptors (Lipinski definition) is 4. The molecule has 0 fully saturated rings. The van der Waals surface area contributed by atoms with Crippen molar-refractivity contribution in [2.75, 3.05) is 14.2 Å². The van der Waals surface area contributed by atoms with Gasteiger partial charge in [-0.15, -0.1) is 0 Å². The monoisotopic (exact) mass is 366 g/mol. The average Bonchev–Trinajstić information content (AvgIpc) is 3.10. The zero-order valence-electron chi connectivity index (χ0n) is 15.3. The second-order valence-corrected chi connectivity index (χ2v) is 6.25. The molecule has 0 aliphatic heterocycles. The third-order valence-corrected chi connectivity index (χ3v) is 4.39. The van der Waals surface area contributed by atoms with Crippen LogP contribution in [0.2, 0.25) is 0 Å². The Kier molecular flexibility index (Phi) is 5.88. The van der Waals surface area contributed by atoms with Crippen LogP contribution in [0.3, 0.4) is 0 Å². The highest BCUT2D eigenvalue weighted by Crippen LogP contribution is 2.19. The fourth-order valence-corrected chi connectivity index (χ4v) is 3.07. The second kappa shape index (κ2) is 8.51. The zero-order valence-corrected chi connectivity index (χ0v) is 15.3. The molecule has 2 aromatic carbocycles. The largest absolute Gasteiger partial charge is 0.467 e. The minimum absolute atomic E-state index is 0.330. The summed E-state index contributed by atoms with van der Waals surface area (Å²) in [5, 5.41) is 3.80. The predicted octanol–water partition coefficient (Wildman–Crippen LogP) is 2.83. The van der Waals surface area contributed by atoms with E-state index in [4.69, 9.17) is 9.47 Å². The number of carbonyl (C=O) groups excluding carboxylic acids is 2. The summed E-state index contributed by atoms with van der Waals surface area (Å²) in [5.41, 5.74) is 3.28. The Morgan fingerprint density at radius 3 is 2.70 bits per heavy atom. The van der Waals surface area contributed by atoms with Crippen LogP contribution in [-0.4, -0.2) is 37.1 Å². The van der Waals surface area contributed by atoms with Gasteiger partial charge in [0.2, 0.25) is 0 Å². The van der Waals surface area contributed by atoms with Gasteiger partial charge >= 0.3 is 5.97 Å². The van der Waals surface area contributed by atoms with Gasteiger partial charge in [0.1, 0.15) is 6.04 Å². The van der Waals surface area contributed by atoms with Crippen molar-refractivity contribution in [1.29, 1.82) is 0 Å². The molecule has 3 rings (SSSR count). The number of H-pyrrole nitrogens is 1. The van der Waals surface area contributed by atoms with Crippen molar-refractivity contribution in [2.45, 2.75) is 19.1 Å². The van der Waals surface area contributed by atoms with Crippen LogP contribution in [-0.2, 0) is 27.3 Å². The Labute approximate surface area is 157 Å². The van der Waals surface area contributed by atoms with Crippen LogP contribution in [0.4, 0.5) is 0 Å². The van der Waals surface area contributed by atoms with Gasteiger partial charge in [-0.25, -0.2) is 4.79 Å². The highest BCUT2D eigenvalue weighted by atomic mass is 16.5. The number of ether oxygens (including phenoxy) is 2. The van der Waals surface area contributed by atoms with Gasteiger partial charge in [0.25, 0.3) is 5.91 Å². The normalized spacial score (nSPS) is 11.9. The van der Waals surface area contributed by atoms with E-state index in [1.54, 1.807) is 25.3 Å². The Balaban J connectivity index is 1.80. The van der Waals surface area contributed by atoms with Crippen LogP contribution in [0, 0.1) is 0 Å². The zero-order chi connectivity index (χ0) is 19.2. The Morgan fingerprint density at radius 1 is 1.11 bits per heavy atom. The molecule has 0 bridgehead atoms. The van der Waals surface area contributed by atoms with Crippen molar-refractivity contribution in [3.05, 3.63) is 71.4 Å². The lowest BCUT2D eigenvalue weighted by atomic mass is 10.0. The predicted molar refractivity (Wildman–Crippen MR) is 102 cm³/mol. The van der Waals surface area contributed by atoms with Crippen molar-refractivity contribution in [3.63, 3.8) is 0 Å². The summed E-state index contributed by atoms with van der Waals surface area (Å²) in [4.78, 5) is 28.1. The van der Waals surface area contributed by atoms with Gasteiger partial charge in [0, 0.05) is 36.2 Å². The third-order valence-electron chi connectivity index (χ3n) is 4.39. The maximum Gasteiger partial charge on any atom is 0.328 e. The summed E-state index contributed by atoms with van der Waals surface area (Å²) < 4.78 is 9.99. The number of esters is 1. The summed E-state index contributed by atoms with van der Waals surface area (Å²) in [5.74, 6) is -0.815. The number of nitrogens with one attached hydrogen (secondary N) is 2. The molecule has 1 aromatic heterocycles. The molecule has 0 saturated heterocycles. The van der Waals surface area contributed by atoms with Gasteiger partial charge in [-0.1, -0.05) is 30.3 Å². The topological polar surface area (TPSA) is 80.4 Å².